The van der Waals surface area contributed by atoms with Crippen LogP contribution in [0.25, 0.3) is 11.3 Å². The summed E-state index contributed by atoms with van der Waals surface area (Å²) in [5, 5.41) is 0. The van der Waals surface area contributed by atoms with Gasteiger partial charge < -0.3 is 14.9 Å². The van der Waals surface area contributed by atoms with Crippen LogP contribution in [0.5, 0.6) is 5.75 Å². The quantitative estimate of drug-likeness (QED) is 0.858. The van der Waals surface area contributed by atoms with Gasteiger partial charge in [0.1, 0.15) is 5.75 Å². The number of benzene rings is 1. The lowest BCUT2D eigenvalue weighted by Crippen LogP contribution is -2.00. The number of hydrogen-bond acceptors (Lipinski definition) is 4. The van der Waals surface area contributed by atoms with Gasteiger partial charge in [-0.1, -0.05) is 0 Å². The maximum Gasteiger partial charge on any atom is 0.194 e. The molecule has 2 rings (SSSR count). The van der Waals surface area contributed by atoms with Crippen LogP contribution in [0, 0.1) is 0 Å². The van der Waals surface area contributed by atoms with Crippen LogP contribution in [0.15, 0.2) is 34.9 Å². The predicted octanol–water partition coefficient (Wildman–Crippen LogP) is 2.24. The minimum absolute atomic E-state index is 0.653. The molecule has 4 nitrogen and oxygen atoms in total. The molecule has 17 heavy (non-hydrogen) atoms. The molecule has 0 unspecified atom stereocenters. The van der Waals surface area contributed by atoms with Gasteiger partial charge in [-0.2, -0.15) is 0 Å². The first-order valence-corrected chi connectivity index (χ1v) is 5.62. The summed E-state index contributed by atoms with van der Waals surface area (Å²) in [7, 11) is 1.65. The number of rotatable bonds is 5. The average Bonchev–Trinajstić information content (AvgIpc) is 2.85. The van der Waals surface area contributed by atoms with Crippen LogP contribution in [-0.2, 0) is 6.42 Å². The lowest BCUT2D eigenvalue weighted by atomic mass is 10.2. The molecule has 2 aromatic rings. The number of aromatic nitrogens is 1. The molecule has 2 N–H and O–H groups in total. The lowest BCUT2D eigenvalue weighted by molar-refractivity contribution is 0.415. The topological polar surface area (TPSA) is 61.3 Å². The molecule has 0 radical (unpaired) electrons. The zero-order valence-electron chi connectivity index (χ0n) is 9.85. The lowest BCUT2D eigenvalue weighted by Gasteiger charge is -2.00. The third kappa shape index (κ3) is 2.85. The van der Waals surface area contributed by atoms with Crippen LogP contribution in [0.2, 0.25) is 0 Å². The molecule has 4 heteroatoms. The van der Waals surface area contributed by atoms with E-state index in [4.69, 9.17) is 14.9 Å². The van der Waals surface area contributed by atoms with Gasteiger partial charge in [0.25, 0.3) is 0 Å². The number of nitrogens with two attached hydrogens (primary N) is 1. The van der Waals surface area contributed by atoms with Crippen molar-refractivity contribution in [2.75, 3.05) is 13.7 Å². The zero-order valence-corrected chi connectivity index (χ0v) is 9.85. The number of methoxy groups -OCH3 is 1. The van der Waals surface area contributed by atoms with Gasteiger partial charge in [0, 0.05) is 12.0 Å². The first-order chi connectivity index (χ1) is 8.33. The van der Waals surface area contributed by atoms with Gasteiger partial charge in [0.2, 0.25) is 0 Å². The highest BCUT2D eigenvalue weighted by atomic mass is 16.5. The minimum atomic E-state index is 0.653. The van der Waals surface area contributed by atoms with E-state index in [1.807, 2.05) is 24.3 Å². The van der Waals surface area contributed by atoms with Crippen molar-refractivity contribution in [3.63, 3.8) is 0 Å². The van der Waals surface area contributed by atoms with Crippen LogP contribution >= 0.6 is 0 Å². The van der Waals surface area contributed by atoms with Gasteiger partial charge in [0.15, 0.2) is 11.7 Å². The van der Waals surface area contributed by atoms with Crippen LogP contribution < -0.4 is 10.5 Å². The van der Waals surface area contributed by atoms with Crippen LogP contribution in [0.3, 0.4) is 0 Å². The van der Waals surface area contributed by atoms with Crippen molar-refractivity contribution in [1.82, 2.24) is 4.98 Å². The largest absolute Gasteiger partial charge is 0.497 e. The molecular formula is C13H16N2O2. The van der Waals surface area contributed by atoms with E-state index in [-0.39, 0.29) is 0 Å². The Morgan fingerprint density at radius 2 is 2.06 bits per heavy atom. The van der Waals surface area contributed by atoms with Gasteiger partial charge in [0.05, 0.1) is 13.3 Å². The van der Waals surface area contributed by atoms with Crippen molar-refractivity contribution < 1.29 is 9.15 Å². The molecular weight excluding hydrogens is 216 g/mol. The zero-order chi connectivity index (χ0) is 12.1. The van der Waals surface area contributed by atoms with E-state index in [0.717, 1.165) is 35.8 Å². The molecule has 0 saturated carbocycles. The van der Waals surface area contributed by atoms with Crippen LogP contribution in [0.4, 0.5) is 0 Å². The molecule has 0 spiro atoms. The normalized spacial score (nSPS) is 10.5. The monoisotopic (exact) mass is 232 g/mol. The standard InChI is InChI=1S/C13H16N2O2/c1-16-11-6-4-10(5-7-11)12-9-15-13(17-12)3-2-8-14/h4-7,9H,2-3,8,14H2,1H3. The highest BCUT2D eigenvalue weighted by Crippen LogP contribution is 2.23. The molecule has 0 aliphatic rings. The summed E-state index contributed by atoms with van der Waals surface area (Å²) in [6, 6.07) is 7.70. The fourth-order valence-electron chi connectivity index (χ4n) is 1.57. The molecule has 0 saturated heterocycles. The van der Waals surface area contributed by atoms with E-state index >= 15 is 0 Å². The van der Waals surface area contributed by atoms with Crippen LogP contribution in [-0.4, -0.2) is 18.6 Å². The van der Waals surface area contributed by atoms with E-state index in [0.29, 0.717) is 6.54 Å². The summed E-state index contributed by atoms with van der Waals surface area (Å²) >= 11 is 0. The Morgan fingerprint density at radius 1 is 1.29 bits per heavy atom. The molecule has 0 amide bonds. The van der Waals surface area contributed by atoms with Gasteiger partial charge >= 0.3 is 0 Å². The molecule has 0 atom stereocenters. The van der Waals surface area contributed by atoms with Crippen molar-refractivity contribution in [2.24, 2.45) is 5.73 Å². The Balaban J connectivity index is 2.12. The average molecular weight is 232 g/mol. The fraction of sp³-hybridized carbons (Fsp3) is 0.308. The fourth-order valence-corrected chi connectivity index (χ4v) is 1.57. The van der Waals surface area contributed by atoms with E-state index < -0.39 is 0 Å². The summed E-state index contributed by atoms with van der Waals surface area (Å²) in [5.41, 5.74) is 6.44. The van der Waals surface area contributed by atoms with Gasteiger partial charge in [-0.25, -0.2) is 4.98 Å². The molecule has 0 aliphatic carbocycles. The smallest absolute Gasteiger partial charge is 0.194 e. The summed E-state index contributed by atoms with van der Waals surface area (Å²) in [5.74, 6) is 2.34. The number of hydrogen-bond donors (Lipinski definition) is 1. The second-order valence-corrected chi connectivity index (χ2v) is 3.74. The van der Waals surface area contributed by atoms with Gasteiger partial charge in [-0.05, 0) is 37.2 Å². The van der Waals surface area contributed by atoms with Crippen molar-refractivity contribution in [3.05, 3.63) is 36.4 Å². The SMILES string of the molecule is COc1ccc(-c2cnc(CCCN)o2)cc1. The van der Waals surface area contributed by atoms with Gasteiger partial charge in [-0.3, -0.25) is 0 Å². The third-order valence-corrected chi connectivity index (χ3v) is 2.52. The van der Waals surface area contributed by atoms with Crippen molar-refractivity contribution >= 4 is 0 Å². The maximum atomic E-state index is 5.64. The molecule has 90 valence electrons. The first-order valence-electron chi connectivity index (χ1n) is 5.62. The summed E-state index contributed by atoms with van der Waals surface area (Å²) in [4.78, 5) is 4.22. The Bertz CT molecular complexity index is 463. The molecule has 1 aromatic heterocycles. The summed E-state index contributed by atoms with van der Waals surface area (Å²) in [6.07, 6.45) is 3.42. The minimum Gasteiger partial charge on any atom is -0.497 e. The Kier molecular flexibility index (Phi) is 3.77. The highest BCUT2D eigenvalue weighted by molar-refractivity contribution is 5.57. The summed E-state index contributed by atoms with van der Waals surface area (Å²) in [6.45, 7) is 0.653. The summed E-state index contributed by atoms with van der Waals surface area (Å²) < 4.78 is 10.7. The highest BCUT2D eigenvalue weighted by Gasteiger charge is 2.05. The Labute approximate surface area is 100 Å². The number of nitrogens with zero attached hydrogens (tertiary/aromatic N) is 1. The maximum absolute atomic E-state index is 5.64. The van der Waals surface area contributed by atoms with Crippen LogP contribution in [0.1, 0.15) is 12.3 Å². The molecule has 0 fully saturated rings. The van der Waals surface area contributed by atoms with E-state index in [9.17, 15) is 0 Å². The number of oxazole rings is 1. The third-order valence-electron chi connectivity index (χ3n) is 2.52. The molecule has 0 bridgehead atoms. The number of ether oxygens (including phenoxy) is 1. The molecule has 1 heterocycles. The van der Waals surface area contributed by atoms with Crippen molar-refractivity contribution in [3.8, 4) is 17.1 Å². The molecule has 1 aromatic carbocycles. The van der Waals surface area contributed by atoms with Crippen molar-refractivity contribution in [1.29, 1.82) is 0 Å². The molecule has 0 aliphatic heterocycles. The predicted molar refractivity (Wildman–Crippen MR) is 65.9 cm³/mol. The van der Waals surface area contributed by atoms with E-state index in [2.05, 4.69) is 4.98 Å². The van der Waals surface area contributed by atoms with Gasteiger partial charge in [-0.15, -0.1) is 0 Å². The second kappa shape index (κ2) is 5.50. The Hall–Kier alpha value is -1.81. The first kappa shape index (κ1) is 11.7. The van der Waals surface area contributed by atoms with E-state index in [1.165, 1.54) is 0 Å². The second-order valence-electron chi connectivity index (χ2n) is 3.74. The Morgan fingerprint density at radius 3 is 2.71 bits per heavy atom. The van der Waals surface area contributed by atoms with E-state index in [1.54, 1.807) is 13.3 Å². The number of aryl methyl sites for hydroxylation is 1. The van der Waals surface area contributed by atoms with Crippen molar-refractivity contribution in [2.45, 2.75) is 12.8 Å².